The lowest BCUT2D eigenvalue weighted by Crippen LogP contribution is -2.29. The molecule has 3 nitrogen and oxygen atoms in total. The summed E-state index contributed by atoms with van der Waals surface area (Å²) in [5.41, 5.74) is 4.57. The number of hydrogen-bond acceptors (Lipinski definition) is 3. The predicted molar refractivity (Wildman–Crippen MR) is 81.5 cm³/mol. The van der Waals surface area contributed by atoms with Crippen molar-refractivity contribution in [3.8, 4) is 0 Å². The van der Waals surface area contributed by atoms with Crippen molar-refractivity contribution in [1.82, 2.24) is 5.43 Å². The van der Waals surface area contributed by atoms with Crippen molar-refractivity contribution in [3.05, 3.63) is 70.2 Å². The normalized spacial score (nSPS) is 12.8. The minimum Gasteiger partial charge on any atom is -0.459 e. The van der Waals surface area contributed by atoms with Crippen molar-refractivity contribution in [2.24, 2.45) is 5.84 Å². The fourth-order valence-electron chi connectivity index (χ4n) is 2.37. The monoisotopic (exact) mass is 304 g/mol. The lowest BCUT2D eigenvalue weighted by Gasteiger charge is -2.14. The molecule has 0 saturated carbocycles. The van der Waals surface area contributed by atoms with Crippen LogP contribution in [0.4, 0.5) is 4.39 Å². The third-order valence-electron chi connectivity index (χ3n) is 3.42. The molecule has 21 heavy (non-hydrogen) atoms. The molecule has 0 saturated heterocycles. The van der Waals surface area contributed by atoms with Crippen LogP contribution in [0.1, 0.15) is 22.9 Å². The van der Waals surface area contributed by atoms with Gasteiger partial charge >= 0.3 is 0 Å². The summed E-state index contributed by atoms with van der Waals surface area (Å²) in [6, 6.07) is 11.6. The number of nitrogens with one attached hydrogen (secondary N) is 1. The van der Waals surface area contributed by atoms with Gasteiger partial charge in [0, 0.05) is 16.0 Å². The average molecular weight is 305 g/mol. The smallest absolute Gasteiger partial charge is 0.134 e. The van der Waals surface area contributed by atoms with Gasteiger partial charge in [-0.2, -0.15) is 0 Å². The first-order valence-electron chi connectivity index (χ1n) is 6.49. The molecule has 1 aromatic heterocycles. The number of hydrazine groups is 1. The Balaban J connectivity index is 2.09. The first-order valence-corrected chi connectivity index (χ1v) is 6.87. The van der Waals surface area contributed by atoms with E-state index in [1.54, 1.807) is 24.3 Å². The van der Waals surface area contributed by atoms with Crippen LogP contribution >= 0.6 is 11.6 Å². The molecule has 3 rings (SSSR count). The highest BCUT2D eigenvalue weighted by Gasteiger charge is 2.20. The molecule has 0 aliphatic carbocycles. The van der Waals surface area contributed by atoms with Crippen LogP contribution in [0.25, 0.3) is 11.0 Å². The maximum Gasteiger partial charge on any atom is 0.134 e. The van der Waals surface area contributed by atoms with Gasteiger partial charge in [-0.05, 0) is 42.8 Å². The minimum absolute atomic E-state index is 0.323. The van der Waals surface area contributed by atoms with Crippen LogP contribution in [0.5, 0.6) is 0 Å². The summed E-state index contributed by atoms with van der Waals surface area (Å²) in [6.45, 7) is 1.83. The van der Waals surface area contributed by atoms with E-state index in [4.69, 9.17) is 21.9 Å². The molecule has 1 unspecified atom stereocenters. The molecule has 3 N–H and O–H groups in total. The SMILES string of the molecule is Cc1ccc(C(NN)c2cc3cc(Cl)ccc3o2)c(F)c1. The summed E-state index contributed by atoms with van der Waals surface area (Å²) in [5, 5.41) is 1.47. The maximum atomic E-state index is 14.1. The first-order chi connectivity index (χ1) is 10.1. The van der Waals surface area contributed by atoms with Gasteiger partial charge in [-0.15, -0.1) is 0 Å². The molecule has 1 heterocycles. The quantitative estimate of drug-likeness (QED) is 0.566. The van der Waals surface area contributed by atoms with Gasteiger partial charge in [-0.3, -0.25) is 5.84 Å². The van der Waals surface area contributed by atoms with E-state index in [-0.39, 0.29) is 5.82 Å². The third kappa shape index (κ3) is 2.65. The number of halogens is 2. The Kier molecular flexibility index (Phi) is 3.68. The zero-order chi connectivity index (χ0) is 15.0. The highest BCUT2D eigenvalue weighted by Crippen LogP contribution is 2.30. The number of hydrogen-bond donors (Lipinski definition) is 2. The van der Waals surface area contributed by atoms with Crippen LogP contribution in [-0.2, 0) is 0 Å². The molecular formula is C16H14ClFN2O. The molecule has 3 aromatic rings. The Morgan fingerprint density at radius 3 is 2.71 bits per heavy atom. The van der Waals surface area contributed by atoms with Crippen molar-refractivity contribution >= 4 is 22.6 Å². The molecule has 0 bridgehead atoms. The topological polar surface area (TPSA) is 51.2 Å². The highest BCUT2D eigenvalue weighted by molar-refractivity contribution is 6.31. The van der Waals surface area contributed by atoms with Gasteiger partial charge < -0.3 is 4.42 Å². The minimum atomic E-state index is -0.559. The summed E-state index contributed by atoms with van der Waals surface area (Å²) >= 11 is 5.96. The molecule has 108 valence electrons. The Morgan fingerprint density at radius 1 is 1.19 bits per heavy atom. The molecule has 0 aliphatic heterocycles. The van der Waals surface area contributed by atoms with Crippen molar-refractivity contribution in [2.75, 3.05) is 0 Å². The maximum absolute atomic E-state index is 14.1. The van der Waals surface area contributed by atoms with E-state index < -0.39 is 6.04 Å². The van der Waals surface area contributed by atoms with Gasteiger partial charge in [-0.25, -0.2) is 9.82 Å². The van der Waals surface area contributed by atoms with E-state index >= 15 is 0 Å². The number of aryl methyl sites for hydroxylation is 1. The summed E-state index contributed by atoms with van der Waals surface area (Å²) in [7, 11) is 0. The van der Waals surface area contributed by atoms with E-state index in [1.165, 1.54) is 6.07 Å². The van der Waals surface area contributed by atoms with Crippen molar-refractivity contribution in [1.29, 1.82) is 0 Å². The van der Waals surface area contributed by atoms with Crippen molar-refractivity contribution < 1.29 is 8.81 Å². The van der Waals surface area contributed by atoms with Crippen LogP contribution in [0.3, 0.4) is 0 Å². The van der Waals surface area contributed by atoms with Crippen LogP contribution < -0.4 is 11.3 Å². The Labute approximate surface area is 126 Å². The number of rotatable bonds is 3. The summed E-state index contributed by atoms with van der Waals surface area (Å²) in [6.07, 6.45) is 0. The van der Waals surface area contributed by atoms with Crippen LogP contribution in [-0.4, -0.2) is 0 Å². The van der Waals surface area contributed by atoms with E-state index in [2.05, 4.69) is 5.43 Å². The number of nitrogens with two attached hydrogens (primary N) is 1. The largest absolute Gasteiger partial charge is 0.459 e. The van der Waals surface area contributed by atoms with Crippen molar-refractivity contribution in [2.45, 2.75) is 13.0 Å². The summed E-state index contributed by atoms with van der Waals surface area (Å²) in [4.78, 5) is 0. The van der Waals surface area contributed by atoms with Gasteiger partial charge in [0.2, 0.25) is 0 Å². The lowest BCUT2D eigenvalue weighted by atomic mass is 10.0. The number of furan rings is 1. The van der Waals surface area contributed by atoms with Crippen LogP contribution in [0.2, 0.25) is 5.02 Å². The molecule has 1 atom stereocenters. The average Bonchev–Trinajstić information content (AvgIpc) is 2.84. The van der Waals surface area contributed by atoms with Gasteiger partial charge in [0.1, 0.15) is 23.2 Å². The molecule has 0 spiro atoms. The molecular weight excluding hydrogens is 291 g/mol. The number of fused-ring (bicyclic) bond motifs is 1. The van der Waals surface area contributed by atoms with Crippen molar-refractivity contribution in [3.63, 3.8) is 0 Å². The molecule has 2 aromatic carbocycles. The first kappa shape index (κ1) is 14.1. The standard InChI is InChI=1S/C16H14ClFN2O/c1-9-2-4-12(13(18)6-9)16(20-19)15-8-10-7-11(17)3-5-14(10)21-15/h2-8,16,20H,19H2,1H3. The fraction of sp³-hybridized carbons (Fsp3) is 0.125. The molecule has 0 aliphatic rings. The molecule has 0 fully saturated rings. The summed E-state index contributed by atoms with van der Waals surface area (Å²) < 4.78 is 19.9. The lowest BCUT2D eigenvalue weighted by molar-refractivity contribution is 0.462. The zero-order valence-corrected chi connectivity index (χ0v) is 12.1. The van der Waals surface area contributed by atoms with Gasteiger partial charge in [0.25, 0.3) is 0 Å². The van der Waals surface area contributed by atoms with Crippen LogP contribution in [0.15, 0.2) is 46.9 Å². The van der Waals surface area contributed by atoms with Crippen LogP contribution in [0, 0.1) is 12.7 Å². The van der Waals surface area contributed by atoms with E-state index in [0.29, 0.717) is 21.9 Å². The Morgan fingerprint density at radius 2 is 2.00 bits per heavy atom. The number of benzene rings is 2. The Hall–Kier alpha value is -1.88. The van der Waals surface area contributed by atoms with Gasteiger partial charge in [0.15, 0.2) is 0 Å². The second-order valence-electron chi connectivity index (χ2n) is 4.96. The fourth-order valence-corrected chi connectivity index (χ4v) is 2.55. The van der Waals surface area contributed by atoms with Gasteiger partial charge in [0.05, 0.1) is 0 Å². The van der Waals surface area contributed by atoms with E-state index in [9.17, 15) is 4.39 Å². The zero-order valence-electron chi connectivity index (χ0n) is 11.4. The second-order valence-corrected chi connectivity index (χ2v) is 5.39. The summed E-state index contributed by atoms with van der Waals surface area (Å²) in [5.74, 6) is 5.81. The molecule has 5 heteroatoms. The molecule has 0 radical (unpaired) electrons. The molecule has 0 amide bonds. The van der Waals surface area contributed by atoms with Gasteiger partial charge in [-0.1, -0.05) is 23.7 Å². The predicted octanol–water partition coefficient (Wildman–Crippen LogP) is 4.09. The third-order valence-corrected chi connectivity index (χ3v) is 3.65. The highest BCUT2D eigenvalue weighted by atomic mass is 35.5. The van der Waals surface area contributed by atoms with E-state index in [1.807, 2.05) is 19.1 Å². The second kappa shape index (κ2) is 5.48. The Bertz CT molecular complexity index is 800. The van der Waals surface area contributed by atoms with E-state index in [0.717, 1.165) is 10.9 Å².